The van der Waals surface area contributed by atoms with Gasteiger partial charge in [0, 0.05) is 29.6 Å². The minimum atomic E-state index is -4.03. The minimum absolute atomic E-state index is 0.465. The third-order valence-corrected chi connectivity index (χ3v) is 11.6. The molecule has 332 valence electrons. The van der Waals surface area contributed by atoms with Crippen LogP contribution in [0.15, 0.2) is 122 Å². The van der Waals surface area contributed by atoms with E-state index < -0.39 is 79.9 Å². The van der Waals surface area contributed by atoms with Crippen LogP contribution >= 0.6 is 0 Å². The molecule has 0 aliphatic carbocycles. The molecule has 6 nitrogen and oxygen atoms in total. The van der Waals surface area contributed by atoms with Gasteiger partial charge in [0.15, 0.2) is 16.6 Å². The summed E-state index contributed by atoms with van der Waals surface area (Å²) in [5.74, 6) is -11.1. The number of aryl methyl sites for hydroxylation is 3. The van der Waals surface area contributed by atoms with E-state index in [2.05, 4.69) is 19.7 Å². The van der Waals surface area contributed by atoms with E-state index in [4.69, 9.17) is 22.0 Å². The summed E-state index contributed by atoms with van der Waals surface area (Å²) >= 11 is 0. The lowest BCUT2D eigenvalue weighted by atomic mass is 9.92. The van der Waals surface area contributed by atoms with Gasteiger partial charge in [-0.1, -0.05) is 77.9 Å². The molecule has 2 aromatic heterocycles. The van der Waals surface area contributed by atoms with Crippen molar-refractivity contribution >= 4 is 16.6 Å². The zero-order chi connectivity index (χ0) is 47.5. The summed E-state index contributed by atoms with van der Waals surface area (Å²) in [7, 11) is -5.56. The highest BCUT2D eigenvalue weighted by molar-refractivity contribution is 6.70. The number of alkyl halides is 4. The molecule has 0 spiro atoms. The van der Waals surface area contributed by atoms with Crippen LogP contribution in [0.2, 0.25) is 39.3 Å². The van der Waals surface area contributed by atoms with Gasteiger partial charge in [0.1, 0.15) is 40.0 Å². The van der Waals surface area contributed by atoms with Crippen molar-refractivity contribution in [3.8, 4) is 22.3 Å². The predicted molar refractivity (Wildman–Crippen MR) is 240 cm³/mol. The van der Waals surface area contributed by atoms with Crippen molar-refractivity contribution in [1.82, 2.24) is 9.97 Å². The molecule has 0 aliphatic heterocycles. The Morgan fingerprint density at radius 1 is 0.469 bits per heavy atom. The highest BCUT2D eigenvalue weighted by Gasteiger charge is 2.69. The molecule has 0 saturated heterocycles. The topological polar surface area (TPSA) is 53.0 Å². The van der Waals surface area contributed by atoms with Gasteiger partial charge in [0.25, 0.3) is 0 Å². The fourth-order valence-corrected chi connectivity index (χ4v) is 9.11. The molecule has 6 aromatic rings. The molecule has 0 saturated carbocycles. The van der Waals surface area contributed by atoms with Crippen LogP contribution < -0.4 is 0 Å². The number of aromatic nitrogens is 2. The van der Waals surface area contributed by atoms with Crippen molar-refractivity contribution in [3.05, 3.63) is 201 Å². The third-order valence-electron chi connectivity index (χ3n) is 9.80. The van der Waals surface area contributed by atoms with E-state index in [1.807, 2.05) is 62.4 Å². The Kier molecular flexibility index (Phi) is 14.3. The fourth-order valence-electron chi connectivity index (χ4n) is 6.77. The highest BCUT2D eigenvalue weighted by Crippen LogP contribution is 2.52. The van der Waals surface area contributed by atoms with Crippen molar-refractivity contribution < 1.29 is 39.6 Å². The van der Waals surface area contributed by atoms with E-state index in [1.54, 1.807) is 46.2 Å². The van der Waals surface area contributed by atoms with Crippen molar-refractivity contribution in [2.75, 3.05) is 0 Å². The second-order valence-electron chi connectivity index (χ2n) is 17.3. The van der Waals surface area contributed by atoms with Gasteiger partial charge >= 0.3 is 23.3 Å². The number of hydrogen-bond acceptors (Lipinski definition) is 4. The van der Waals surface area contributed by atoms with E-state index >= 15 is 17.6 Å². The van der Waals surface area contributed by atoms with E-state index in [0.29, 0.717) is 22.8 Å². The van der Waals surface area contributed by atoms with Gasteiger partial charge in [-0.3, -0.25) is 19.7 Å². The Balaban J connectivity index is 0.000000241. The molecule has 4 aromatic carbocycles. The molecule has 64 heavy (non-hydrogen) atoms. The lowest BCUT2D eigenvalue weighted by Gasteiger charge is -2.34. The van der Waals surface area contributed by atoms with Crippen LogP contribution in [0.3, 0.4) is 0 Å². The van der Waals surface area contributed by atoms with Gasteiger partial charge in [-0.2, -0.15) is 17.6 Å². The third kappa shape index (κ3) is 10.3. The first-order chi connectivity index (χ1) is 29.8. The first-order valence-electron chi connectivity index (χ1n) is 20.0. The lowest BCUT2D eigenvalue weighted by molar-refractivity contribution is -0.162. The minimum Gasteiger partial charge on any atom is -0.342 e. The van der Waals surface area contributed by atoms with E-state index in [-0.39, 0.29) is 0 Å². The Labute approximate surface area is 371 Å². The number of hydrogen-bond donors (Lipinski definition) is 0. The first-order valence-corrected chi connectivity index (χ1v) is 26.8. The van der Waals surface area contributed by atoms with Crippen LogP contribution in [0, 0.1) is 51.4 Å². The summed E-state index contributed by atoms with van der Waals surface area (Å²) < 4.78 is 118. The van der Waals surface area contributed by atoms with Gasteiger partial charge in [-0.25, -0.2) is 26.3 Å². The number of rotatable bonds is 12. The number of benzene rings is 4. The van der Waals surface area contributed by atoms with Crippen LogP contribution in [0.4, 0.5) is 30.7 Å². The Bertz CT molecular complexity index is 2490. The lowest BCUT2D eigenvalue weighted by Crippen LogP contribution is -2.50. The summed E-state index contributed by atoms with van der Waals surface area (Å²) in [5.41, 5.74) is -2.94. The van der Waals surface area contributed by atoms with Gasteiger partial charge in [0.2, 0.25) is 0 Å². The van der Waals surface area contributed by atoms with Gasteiger partial charge < -0.3 is 8.85 Å². The summed E-state index contributed by atoms with van der Waals surface area (Å²) in [6.07, 6.45) is 2.61. The molecule has 2 atom stereocenters. The van der Waals surface area contributed by atoms with Crippen molar-refractivity contribution in [3.63, 3.8) is 0 Å². The Morgan fingerprint density at radius 3 is 1.12 bits per heavy atom. The molecule has 0 radical (unpaired) electrons. The fraction of sp³-hybridized carbons (Fsp3) is 0.265. The van der Waals surface area contributed by atoms with E-state index in [9.17, 15) is 13.2 Å². The van der Waals surface area contributed by atoms with Crippen molar-refractivity contribution in [1.29, 1.82) is 0 Å². The maximum absolute atomic E-state index is 16.0. The molecular weight excluding hydrogens is 866 g/mol. The second kappa shape index (κ2) is 18.6. The average Bonchev–Trinajstić information content (AvgIpc) is 3.22. The normalized spacial score (nSPS) is 14.0. The standard InChI is InChI=1S/C25H25F3N2OSi.C24H22F4N2OSi/c1-17-7-10-19(11-8-17)20-12-14-23(30-16-20)24(27,28)25(29-3,31-32(4,5)6)21-13-9-18(2)15-22(21)26;1-16-6-8-17(9-7-16)18-10-13-22(30-15-18)23(27,28)24(29-2,31-32(3,4)5)20-12-11-19(25)14-21(20)26/h7-16H,1-2,4-6H3;6-15H,1,3-5H3/t25-;24-/m11/s1. The smallest absolute Gasteiger partial charge is 0.342 e. The monoisotopic (exact) mass is 912 g/mol. The molecule has 2 heterocycles. The maximum Gasteiger partial charge on any atom is 0.427 e. The summed E-state index contributed by atoms with van der Waals surface area (Å²) in [6.45, 7) is 30.8. The van der Waals surface area contributed by atoms with Crippen molar-refractivity contribution in [2.24, 2.45) is 0 Å². The number of halogens is 7. The number of nitrogens with zero attached hydrogens (tertiary/aromatic N) is 4. The van der Waals surface area contributed by atoms with E-state index in [1.165, 1.54) is 42.7 Å². The quantitative estimate of drug-likeness (QED) is 0.0697. The van der Waals surface area contributed by atoms with Crippen LogP contribution in [0.25, 0.3) is 31.9 Å². The number of pyridine rings is 2. The van der Waals surface area contributed by atoms with Crippen LogP contribution in [0.5, 0.6) is 0 Å². The Morgan fingerprint density at radius 2 is 0.812 bits per heavy atom. The first kappa shape index (κ1) is 49.0. The second-order valence-corrected chi connectivity index (χ2v) is 26.2. The van der Waals surface area contributed by atoms with Gasteiger partial charge in [-0.15, -0.1) is 0 Å². The average molecular weight is 913 g/mol. The molecule has 15 heteroatoms. The molecule has 0 bridgehead atoms. The van der Waals surface area contributed by atoms with Crippen LogP contribution in [-0.2, 0) is 32.1 Å². The molecule has 0 aliphatic rings. The largest absolute Gasteiger partial charge is 0.427 e. The zero-order valence-corrected chi connectivity index (χ0v) is 38.8. The van der Waals surface area contributed by atoms with Gasteiger partial charge in [0.05, 0.1) is 0 Å². The molecule has 0 N–H and O–H groups in total. The summed E-state index contributed by atoms with van der Waals surface area (Å²) in [6, 6.07) is 26.3. The summed E-state index contributed by atoms with van der Waals surface area (Å²) in [4.78, 5) is 14.2. The molecule has 6 rings (SSSR count). The molecular formula is C49H47F7N4O2Si2. The van der Waals surface area contributed by atoms with E-state index in [0.717, 1.165) is 46.5 Å². The highest BCUT2D eigenvalue weighted by atomic mass is 28.4. The van der Waals surface area contributed by atoms with Crippen LogP contribution in [0.1, 0.15) is 39.2 Å². The molecule has 0 amide bonds. The molecule has 0 fully saturated rings. The maximum atomic E-state index is 16.0. The zero-order valence-electron chi connectivity index (χ0n) is 36.8. The van der Waals surface area contributed by atoms with Crippen molar-refractivity contribution in [2.45, 2.75) is 83.3 Å². The predicted octanol–water partition coefficient (Wildman–Crippen LogP) is 14.3. The van der Waals surface area contributed by atoms with Gasteiger partial charge in [-0.05, 0) is 113 Å². The SMILES string of the molecule is [C-]#[N+][C@@](O[Si](C)(C)C)(c1ccc(C)cc1F)C(F)(F)c1ccc(-c2ccc(C)cc2)cn1.[C-]#[N+][C@@](O[Si](C)(C)C)(c1ccc(F)cc1F)C(F)(F)c1ccc(-c2ccc(C)cc2)cn1. The Hall–Kier alpha value is -5.98. The van der Waals surface area contributed by atoms with Crippen LogP contribution in [-0.4, -0.2) is 26.6 Å². The summed E-state index contributed by atoms with van der Waals surface area (Å²) in [5, 5.41) is 0. The molecule has 0 unspecified atom stereocenters.